The molecule has 2 amide bonds. The maximum Gasteiger partial charge on any atom is 0.311 e. The number of hydrogen-bond donors (Lipinski definition) is 1. The zero-order chi connectivity index (χ0) is 17.0. The lowest BCUT2D eigenvalue weighted by Crippen LogP contribution is -2.28. The van der Waals surface area contributed by atoms with Crippen molar-refractivity contribution in [2.24, 2.45) is 11.7 Å². The first kappa shape index (κ1) is 16.6. The van der Waals surface area contributed by atoms with Crippen molar-refractivity contribution in [3.05, 3.63) is 18.2 Å². The lowest BCUT2D eigenvalue weighted by atomic mass is 10.1. The van der Waals surface area contributed by atoms with Gasteiger partial charge in [-0.05, 0) is 12.1 Å². The number of amides is 2. The Labute approximate surface area is 133 Å². The van der Waals surface area contributed by atoms with E-state index >= 15 is 0 Å². The summed E-state index contributed by atoms with van der Waals surface area (Å²) in [4.78, 5) is 36.2. The standard InChI is InChI=1S/C15H18N2O6/c1-21-10-3-4-11(12(6-10)22-2)17-7-9(5-14(17)19)15(20)23-8-13(16)18/h3-4,6,9H,5,7-8H2,1-2H3,(H2,16,18)/t9-/m1/s1. The van der Waals surface area contributed by atoms with Gasteiger partial charge in [0.25, 0.3) is 5.91 Å². The molecule has 1 aromatic carbocycles. The molecule has 0 saturated carbocycles. The smallest absolute Gasteiger partial charge is 0.311 e. The number of anilines is 1. The Balaban J connectivity index is 2.14. The summed E-state index contributed by atoms with van der Waals surface area (Å²) in [6.07, 6.45) is 0.00672. The third-order valence-electron chi connectivity index (χ3n) is 3.49. The van der Waals surface area contributed by atoms with Crippen LogP contribution in [0.2, 0.25) is 0 Å². The van der Waals surface area contributed by atoms with Crippen molar-refractivity contribution in [1.82, 2.24) is 0 Å². The predicted octanol–water partition coefficient (Wildman–Crippen LogP) is 0.0852. The van der Waals surface area contributed by atoms with Gasteiger partial charge in [-0.15, -0.1) is 0 Å². The molecule has 0 aromatic heterocycles. The number of primary amides is 1. The van der Waals surface area contributed by atoms with Gasteiger partial charge in [0.05, 0.1) is 25.8 Å². The summed E-state index contributed by atoms with van der Waals surface area (Å²) in [5.74, 6) is -1.18. The van der Waals surface area contributed by atoms with E-state index in [1.807, 2.05) is 0 Å². The average Bonchev–Trinajstić information content (AvgIpc) is 2.93. The fraction of sp³-hybridized carbons (Fsp3) is 0.400. The highest BCUT2D eigenvalue weighted by molar-refractivity contribution is 6.00. The van der Waals surface area contributed by atoms with Crippen molar-refractivity contribution in [3.8, 4) is 11.5 Å². The first-order valence-electron chi connectivity index (χ1n) is 6.93. The van der Waals surface area contributed by atoms with E-state index in [2.05, 4.69) is 0 Å². The molecule has 0 unspecified atom stereocenters. The average molecular weight is 322 g/mol. The first-order chi connectivity index (χ1) is 11.0. The Bertz CT molecular complexity index is 630. The maximum atomic E-state index is 12.2. The molecule has 1 aliphatic heterocycles. The van der Waals surface area contributed by atoms with Crippen molar-refractivity contribution in [2.45, 2.75) is 6.42 Å². The van der Waals surface area contributed by atoms with E-state index in [0.29, 0.717) is 17.2 Å². The molecule has 2 rings (SSSR count). The van der Waals surface area contributed by atoms with Gasteiger partial charge in [-0.25, -0.2) is 0 Å². The molecular weight excluding hydrogens is 304 g/mol. The summed E-state index contributed by atoms with van der Waals surface area (Å²) >= 11 is 0. The molecule has 1 fully saturated rings. The quantitative estimate of drug-likeness (QED) is 0.743. The number of methoxy groups -OCH3 is 2. The van der Waals surface area contributed by atoms with E-state index in [0.717, 1.165) is 0 Å². The van der Waals surface area contributed by atoms with Crippen LogP contribution in [0.25, 0.3) is 0 Å². The monoisotopic (exact) mass is 322 g/mol. The summed E-state index contributed by atoms with van der Waals surface area (Å²) in [7, 11) is 3.01. The van der Waals surface area contributed by atoms with E-state index in [1.165, 1.54) is 19.1 Å². The summed E-state index contributed by atoms with van der Waals surface area (Å²) in [6, 6.07) is 5.04. The van der Waals surface area contributed by atoms with Crippen LogP contribution < -0.4 is 20.1 Å². The van der Waals surface area contributed by atoms with Crippen molar-refractivity contribution in [2.75, 3.05) is 32.3 Å². The number of nitrogens with zero attached hydrogens (tertiary/aromatic N) is 1. The van der Waals surface area contributed by atoms with Crippen molar-refractivity contribution < 1.29 is 28.6 Å². The van der Waals surface area contributed by atoms with Crippen molar-refractivity contribution in [3.63, 3.8) is 0 Å². The SMILES string of the molecule is COc1ccc(N2C[C@H](C(=O)OCC(N)=O)CC2=O)c(OC)c1. The molecule has 0 bridgehead atoms. The minimum absolute atomic E-state index is 0.00672. The van der Waals surface area contributed by atoms with Crippen LogP contribution in [-0.4, -0.2) is 45.2 Å². The largest absolute Gasteiger partial charge is 0.497 e. The van der Waals surface area contributed by atoms with E-state index in [-0.39, 0.29) is 18.9 Å². The minimum Gasteiger partial charge on any atom is -0.497 e. The number of hydrogen-bond acceptors (Lipinski definition) is 6. The van der Waals surface area contributed by atoms with Crippen LogP contribution in [0.15, 0.2) is 18.2 Å². The van der Waals surface area contributed by atoms with Crippen LogP contribution >= 0.6 is 0 Å². The normalized spacial score (nSPS) is 17.0. The maximum absolute atomic E-state index is 12.2. The van der Waals surface area contributed by atoms with E-state index < -0.39 is 24.4 Å². The minimum atomic E-state index is -0.739. The summed E-state index contributed by atoms with van der Waals surface area (Å²) in [5, 5.41) is 0. The highest BCUT2D eigenvalue weighted by Gasteiger charge is 2.37. The van der Waals surface area contributed by atoms with E-state index in [1.54, 1.807) is 18.2 Å². The second-order valence-corrected chi connectivity index (χ2v) is 5.02. The Morgan fingerprint density at radius 3 is 2.65 bits per heavy atom. The highest BCUT2D eigenvalue weighted by atomic mass is 16.5. The Morgan fingerprint density at radius 2 is 2.04 bits per heavy atom. The van der Waals surface area contributed by atoms with Crippen LogP contribution in [0.3, 0.4) is 0 Å². The fourth-order valence-corrected chi connectivity index (χ4v) is 2.37. The Morgan fingerprint density at radius 1 is 1.30 bits per heavy atom. The molecule has 1 saturated heterocycles. The zero-order valence-corrected chi connectivity index (χ0v) is 12.9. The number of carbonyl (C=O) groups excluding carboxylic acids is 3. The third-order valence-corrected chi connectivity index (χ3v) is 3.49. The van der Waals surface area contributed by atoms with Gasteiger partial charge >= 0.3 is 5.97 Å². The molecule has 0 spiro atoms. The van der Waals surface area contributed by atoms with Gasteiger partial charge in [0, 0.05) is 19.0 Å². The second-order valence-electron chi connectivity index (χ2n) is 5.02. The molecule has 0 radical (unpaired) electrons. The second kappa shape index (κ2) is 6.99. The Kier molecular flexibility index (Phi) is 5.05. The van der Waals surface area contributed by atoms with Crippen LogP contribution in [0.5, 0.6) is 11.5 Å². The molecule has 1 heterocycles. The lowest BCUT2D eigenvalue weighted by Gasteiger charge is -2.20. The van der Waals surface area contributed by atoms with Gasteiger partial charge in [0.2, 0.25) is 5.91 Å². The number of nitrogens with two attached hydrogens (primary N) is 1. The van der Waals surface area contributed by atoms with Crippen LogP contribution in [0, 0.1) is 5.92 Å². The number of rotatable bonds is 6. The van der Waals surface area contributed by atoms with Gasteiger partial charge in [-0.1, -0.05) is 0 Å². The third kappa shape index (κ3) is 3.71. The molecular formula is C15H18N2O6. The van der Waals surface area contributed by atoms with Gasteiger partial charge < -0.3 is 24.8 Å². The van der Waals surface area contributed by atoms with Crippen molar-refractivity contribution >= 4 is 23.5 Å². The molecule has 0 aliphatic carbocycles. The molecule has 124 valence electrons. The molecule has 8 heteroatoms. The van der Waals surface area contributed by atoms with Gasteiger partial charge in [-0.3, -0.25) is 14.4 Å². The van der Waals surface area contributed by atoms with Gasteiger partial charge in [0.1, 0.15) is 11.5 Å². The topological polar surface area (TPSA) is 108 Å². The molecule has 1 aromatic rings. The lowest BCUT2D eigenvalue weighted by molar-refractivity contribution is -0.151. The van der Waals surface area contributed by atoms with Gasteiger partial charge in [0.15, 0.2) is 6.61 Å². The summed E-state index contributed by atoms with van der Waals surface area (Å²) in [6.45, 7) is -0.339. The van der Waals surface area contributed by atoms with Crippen LogP contribution in [0.4, 0.5) is 5.69 Å². The number of ether oxygens (including phenoxy) is 3. The predicted molar refractivity (Wildman–Crippen MR) is 80.2 cm³/mol. The van der Waals surface area contributed by atoms with Crippen LogP contribution in [0.1, 0.15) is 6.42 Å². The fourth-order valence-electron chi connectivity index (χ4n) is 2.37. The summed E-state index contributed by atoms with van der Waals surface area (Å²) < 4.78 is 15.2. The number of benzene rings is 1. The van der Waals surface area contributed by atoms with Gasteiger partial charge in [-0.2, -0.15) is 0 Å². The number of esters is 1. The molecule has 2 N–H and O–H groups in total. The zero-order valence-electron chi connectivity index (χ0n) is 12.9. The van der Waals surface area contributed by atoms with E-state index in [9.17, 15) is 14.4 Å². The summed E-state index contributed by atoms with van der Waals surface area (Å²) in [5.41, 5.74) is 5.47. The molecule has 1 atom stereocenters. The first-order valence-corrected chi connectivity index (χ1v) is 6.93. The molecule has 23 heavy (non-hydrogen) atoms. The van der Waals surface area contributed by atoms with Crippen molar-refractivity contribution in [1.29, 1.82) is 0 Å². The number of carbonyl (C=O) groups is 3. The Hall–Kier alpha value is -2.77. The molecule has 1 aliphatic rings. The molecule has 8 nitrogen and oxygen atoms in total. The van der Waals surface area contributed by atoms with E-state index in [4.69, 9.17) is 19.9 Å². The highest BCUT2D eigenvalue weighted by Crippen LogP contribution is 2.35. The van der Waals surface area contributed by atoms with Crippen LogP contribution in [-0.2, 0) is 19.1 Å².